The van der Waals surface area contributed by atoms with Gasteiger partial charge in [-0.25, -0.2) is 4.39 Å². The van der Waals surface area contributed by atoms with Crippen molar-refractivity contribution in [1.29, 1.82) is 0 Å². The largest absolute Gasteiger partial charge is 0.309 e. The SMILES string of the molecule is C=C(C)CNCc1cc(F)cc(Cl)c1. The summed E-state index contributed by atoms with van der Waals surface area (Å²) in [6, 6.07) is 4.51. The fourth-order valence-corrected chi connectivity index (χ4v) is 1.38. The number of hydrogen-bond acceptors (Lipinski definition) is 1. The molecule has 0 heterocycles. The smallest absolute Gasteiger partial charge is 0.125 e. The van der Waals surface area contributed by atoms with E-state index < -0.39 is 0 Å². The molecular weight excluding hydrogens is 201 g/mol. The number of rotatable bonds is 4. The summed E-state index contributed by atoms with van der Waals surface area (Å²) in [6.07, 6.45) is 0. The molecule has 0 radical (unpaired) electrons. The summed E-state index contributed by atoms with van der Waals surface area (Å²) in [5, 5.41) is 3.56. The van der Waals surface area contributed by atoms with Crippen LogP contribution in [0.3, 0.4) is 0 Å². The first-order valence-electron chi connectivity index (χ1n) is 4.38. The molecule has 0 aliphatic carbocycles. The van der Waals surface area contributed by atoms with E-state index in [9.17, 15) is 4.39 Å². The third-order valence-electron chi connectivity index (χ3n) is 1.68. The first kappa shape index (κ1) is 11.2. The van der Waals surface area contributed by atoms with Gasteiger partial charge in [-0.3, -0.25) is 0 Å². The minimum atomic E-state index is -0.301. The zero-order valence-electron chi connectivity index (χ0n) is 8.11. The number of benzene rings is 1. The second kappa shape index (κ2) is 5.13. The zero-order chi connectivity index (χ0) is 10.6. The molecule has 1 rings (SSSR count). The summed E-state index contributed by atoms with van der Waals surface area (Å²) in [5.74, 6) is -0.301. The maximum Gasteiger partial charge on any atom is 0.125 e. The summed E-state index contributed by atoms with van der Waals surface area (Å²) in [7, 11) is 0. The summed E-state index contributed by atoms with van der Waals surface area (Å²) < 4.78 is 12.9. The molecule has 0 atom stereocenters. The lowest BCUT2D eigenvalue weighted by molar-refractivity contribution is 0.622. The molecule has 0 aliphatic rings. The van der Waals surface area contributed by atoms with Crippen molar-refractivity contribution in [2.75, 3.05) is 6.54 Å². The van der Waals surface area contributed by atoms with Crippen LogP contribution in [0.5, 0.6) is 0 Å². The van der Waals surface area contributed by atoms with Crippen LogP contribution in [0, 0.1) is 5.82 Å². The normalized spacial score (nSPS) is 10.2. The van der Waals surface area contributed by atoms with E-state index in [1.165, 1.54) is 12.1 Å². The predicted octanol–water partition coefficient (Wildman–Crippen LogP) is 3.14. The van der Waals surface area contributed by atoms with Crippen molar-refractivity contribution in [3.8, 4) is 0 Å². The number of hydrogen-bond donors (Lipinski definition) is 1. The van der Waals surface area contributed by atoms with Crippen LogP contribution in [-0.2, 0) is 6.54 Å². The standard InChI is InChI=1S/C11H13ClFN/c1-8(2)6-14-7-9-3-10(12)5-11(13)4-9/h3-5,14H,1,6-7H2,2H3. The van der Waals surface area contributed by atoms with Gasteiger partial charge in [0.25, 0.3) is 0 Å². The van der Waals surface area contributed by atoms with Gasteiger partial charge in [0.2, 0.25) is 0 Å². The molecule has 0 aliphatic heterocycles. The lowest BCUT2D eigenvalue weighted by atomic mass is 10.2. The zero-order valence-corrected chi connectivity index (χ0v) is 8.87. The average Bonchev–Trinajstić information content (AvgIpc) is 2.01. The van der Waals surface area contributed by atoms with Gasteiger partial charge in [-0.05, 0) is 30.7 Å². The number of halogens is 2. The van der Waals surface area contributed by atoms with Crippen LogP contribution in [0.2, 0.25) is 5.02 Å². The van der Waals surface area contributed by atoms with Crippen LogP contribution in [0.25, 0.3) is 0 Å². The lowest BCUT2D eigenvalue weighted by Gasteiger charge is -2.05. The summed E-state index contributed by atoms with van der Waals surface area (Å²) in [5.41, 5.74) is 1.89. The van der Waals surface area contributed by atoms with Gasteiger partial charge in [-0.1, -0.05) is 23.8 Å². The minimum Gasteiger partial charge on any atom is -0.309 e. The van der Waals surface area contributed by atoms with Crippen molar-refractivity contribution in [2.24, 2.45) is 0 Å². The van der Waals surface area contributed by atoms with Gasteiger partial charge >= 0.3 is 0 Å². The van der Waals surface area contributed by atoms with Gasteiger partial charge < -0.3 is 5.32 Å². The van der Waals surface area contributed by atoms with E-state index in [0.717, 1.165) is 17.7 Å². The van der Waals surface area contributed by atoms with E-state index in [4.69, 9.17) is 11.6 Å². The Morgan fingerprint density at radius 2 is 2.21 bits per heavy atom. The van der Waals surface area contributed by atoms with Crippen LogP contribution >= 0.6 is 11.6 Å². The Balaban J connectivity index is 2.54. The van der Waals surface area contributed by atoms with Gasteiger partial charge in [-0.15, -0.1) is 0 Å². The van der Waals surface area contributed by atoms with Crippen LogP contribution in [0.15, 0.2) is 30.4 Å². The third-order valence-corrected chi connectivity index (χ3v) is 1.90. The Bertz CT molecular complexity index is 316. The summed E-state index contributed by atoms with van der Waals surface area (Å²) >= 11 is 5.71. The topological polar surface area (TPSA) is 12.0 Å². The van der Waals surface area contributed by atoms with Crippen LogP contribution < -0.4 is 5.32 Å². The second-order valence-electron chi connectivity index (χ2n) is 3.34. The molecule has 0 aromatic heterocycles. The first-order valence-corrected chi connectivity index (χ1v) is 4.76. The fourth-order valence-electron chi connectivity index (χ4n) is 1.13. The predicted molar refractivity (Wildman–Crippen MR) is 57.9 cm³/mol. The van der Waals surface area contributed by atoms with Crippen molar-refractivity contribution >= 4 is 11.6 Å². The molecule has 1 nitrogen and oxygen atoms in total. The Morgan fingerprint density at radius 3 is 2.79 bits per heavy atom. The highest BCUT2D eigenvalue weighted by molar-refractivity contribution is 6.30. The van der Waals surface area contributed by atoms with Crippen LogP contribution in [0.4, 0.5) is 4.39 Å². The molecule has 1 aromatic carbocycles. The quantitative estimate of drug-likeness (QED) is 0.758. The Hall–Kier alpha value is -0.860. The maximum absolute atomic E-state index is 12.9. The van der Waals surface area contributed by atoms with Gasteiger partial charge in [0.15, 0.2) is 0 Å². The maximum atomic E-state index is 12.9. The minimum absolute atomic E-state index is 0.301. The van der Waals surface area contributed by atoms with Crippen LogP contribution in [-0.4, -0.2) is 6.54 Å². The monoisotopic (exact) mass is 213 g/mol. The molecule has 0 spiro atoms. The lowest BCUT2D eigenvalue weighted by Crippen LogP contribution is -2.15. The molecule has 76 valence electrons. The Labute approximate surface area is 88.6 Å². The van der Waals surface area contributed by atoms with Gasteiger partial charge in [-0.2, -0.15) is 0 Å². The first-order chi connectivity index (χ1) is 6.58. The second-order valence-corrected chi connectivity index (χ2v) is 3.77. The van der Waals surface area contributed by atoms with Crippen molar-refractivity contribution in [3.63, 3.8) is 0 Å². The van der Waals surface area contributed by atoms with E-state index in [0.29, 0.717) is 11.6 Å². The molecule has 14 heavy (non-hydrogen) atoms. The highest BCUT2D eigenvalue weighted by Gasteiger charge is 1.98. The Morgan fingerprint density at radius 1 is 1.50 bits per heavy atom. The molecule has 0 bridgehead atoms. The van der Waals surface area contributed by atoms with Crippen molar-refractivity contribution in [2.45, 2.75) is 13.5 Å². The van der Waals surface area contributed by atoms with Gasteiger partial charge in [0, 0.05) is 18.1 Å². The highest BCUT2D eigenvalue weighted by Crippen LogP contribution is 2.13. The van der Waals surface area contributed by atoms with E-state index >= 15 is 0 Å². The molecule has 1 N–H and O–H groups in total. The molecule has 0 unspecified atom stereocenters. The average molecular weight is 214 g/mol. The molecule has 0 amide bonds. The molecule has 0 fully saturated rings. The van der Waals surface area contributed by atoms with Gasteiger partial charge in [0.1, 0.15) is 5.82 Å². The molecular formula is C11H13ClFN. The molecule has 0 saturated carbocycles. The van der Waals surface area contributed by atoms with Crippen molar-refractivity contribution < 1.29 is 4.39 Å². The van der Waals surface area contributed by atoms with Gasteiger partial charge in [0.05, 0.1) is 0 Å². The van der Waals surface area contributed by atoms with Crippen LogP contribution in [0.1, 0.15) is 12.5 Å². The van der Waals surface area contributed by atoms with Crippen molar-refractivity contribution in [3.05, 3.63) is 46.8 Å². The molecule has 0 saturated heterocycles. The summed E-state index contributed by atoms with van der Waals surface area (Å²) in [4.78, 5) is 0. The van der Waals surface area contributed by atoms with E-state index in [2.05, 4.69) is 11.9 Å². The van der Waals surface area contributed by atoms with E-state index in [1.54, 1.807) is 6.07 Å². The number of nitrogens with one attached hydrogen (secondary N) is 1. The molecule has 3 heteroatoms. The molecule has 1 aromatic rings. The van der Waals surface area contributed by atoms with E-state index in [1.807, 2.05) is 6.92 Å². The van der Waals surface area contributed by atoms with Crippen molar-refractivity contribution in [1.82, 2.24) is 5.32 Å². The summed E-state index contributed by atoms with van der Waals surface area (Å²) in [6.45, 7) is 7.03. The fraction of sp³-hybridized carbons (Fsp3) is 0.273. The third kappa shape index (κ3) is 3.90. The highest BCUT2D eigenvalue weighted by atomic mass is 35.5. The Kier molecular flexibility index (Phi) is 4.11. The van der Waals surface area contributed by atoms with E-state index in [-0.39, 0.29) is 5.82 Å².